The van der Waals surface area contributed by atoms with Gasteiger partial charge in [0.1, 0.15) is 11.3 Å². The molecule has 23 heavy (non-hydrogen) atoms. The van der Waals surface area contributed by atoms with Gasteiger partial charge in [-0.2, -0.15) is 0 Å². The minimum atomic E-state index is -1.06. The Morgan fingerprint density at radius 2 is 2.09 bits per heavy atom. The summed E-state index contributed by atoms with van der Waals surface area (Å²) in [6.45, 7) is 10.2. The summed E-state index contributed by atoms with van der Waals surface area (Å²) in [5.74, 6) is -0.903. The largest absolute Gasteiger partial charge is 0.507 e. The number of aromatic hydroxyl groups is 1. The fourth-order valence-electron chi connectivity index (χ4n) is 3.56. The van der Waals surface area contributed by atoms with E-state index in [1.165, 1.54) is 5.57 Å². The lowest BCUT2D eigenvalue weighted by Gasteiger charge is -2.31. The molecule has 2 rings (SSSR count). The first-order valence-corrected chi connectivity index (χ1v) is 8.27. The van der Waals surface area contributed by atoms with Gasteiger partial charge in [-0.15, -0.1) is 0 Å². The second-order valence-corrected chi connectivity index (χ2v) is 6.62. The smallest absolute Gasteiger partial charge is 0.339 e. The second kappa shape index (κ2) is 7.03. The van der Waals surface area contributed by atoms with Gasteiger partial charge in [0.25, 0.3) is 0 Å². The van der Waals surface area contributed by atoms with Gasteiger partial charge in [-0.05, 0) is 44.6 Å². The summed E-state index contributed by atoms with van der Waals surface area (Å²) in [7, 11) is 0. The van der Waals surface area contributed by atoms with Crippen LogP contribution >= 0.6 is 0 Å². The van der Waals surface area contributed by atoms with E-state index in [1.807, 2.05) is 26.0 Å². The maximum atomic E-state index is 11.6. The summed E-state index contributed by atoms with van der Waals surface area (Å²) in [5.41, 5.74) is 3.81. The number of benzene rings is 1. The summed E-state index contributed by atoms with van der Waals surface area (Å²) in [6.07, 6.45) is 5.66. The first-order chi connectivity index (χ1) is 10.9. The Morgan fingerprint density at radius 1 is 1.39 bits per heavy atom. The molecule has 3 heteroatoms. The highest BCUT2D eigenvalue weighted by atomic mass is 16.4. The topological polar surface area (TPSA) is 57.5 Å². The lowest BCUT2D eigenvalue weighted by atomic mass is 9.73. The third kappa shape index (κ3) is 3.49. The predicted molar refractivity (Wildman–Crippen MR) is 93.1 cm³/mol. The van der Waals surface area contributed by atoms with E-state index < -0.39 is 5.97 Å². The Balaban J connectivity index is 2.58. The summed E-state index contributed by atoms with van der Waals surface area (Å²) < 4.78 is 0. The number of allylic oxidation sites excluding steroid dienone is 3. The van der Waals surface area contributed by atoms with Gasteiger partial charge < -0.3 is 10.2 Å². The summed E-state index contributed by atoms with van der Waals surface area (Å²) in [4.78, 5) is 11.6. The monoisotopic (exact) mass is 314 g/mol. The van der Waals surface area contributed by atoms with E-state index >= 15 is 0 Å². The van der Waals surface area contributed by atoms with Crippen LogP contribution in [-0.4, -0.2) is 16.2 Å². The molecule has 1 aromatic rings. The van der Waals surface area contributed by atoms with Crippen molar-refractivity contribution >= 4 is 5.97 Å². The fourth-order valence-corrected chi connectivity index (χ4v) is 3.56. The molecule has 1 aromatic carbocycles. The van der Waals surface area contributed by atoms with E-state index in [-0.39, 0.29) is 23.1 Å². The molecule has 0 spiro atoms. The molecule has 0 radical (unpaired) electrons. The van der Waals surface area contributed by atoms with Crippen molar-refractivity contribution in [2.75, 3.05) is 0 Å². The lowest BCUT2D eigenvalue weighted by Crippen LogP contribution is -2.18. The highest BCUT2D eigenvalue weighted by molar-refractivity contribution is 5.93. The van der Waals surface area contributed by atoms with Crippen LogP contribution in [0.1, 0.15) is 67.4 Å². The molecule has 0 aromatic heterocycles. The number of aromatic carboxylic acids is 1. The average Bonchev–Trinajstić information content (AvgIpc) is 2.47. The standard InChI is InChI=1S/C20H26O3/c1-5-6-14-8-10-16(19(21)18(14)20(22)23)17-11-13(4)7-9-15(17)12(2)3/h8,10-11,15,17,21H,2,5-7,9H2,1,3-4H3,(H,22,23). The van der Waals surface area contributed by atoms with Gasteiger partial charge in [-0.3, -0.25) is 0 Å². The Bertz CT molecular complexity index is 655. The molecule has 2 atom stereocenters. The van der Waals surface area contributed by atoms with Crippen molar-refractivity contribution in [2.45, 2.75) is 52.4 Å². The van der Waals surface area contributed by atoms with Crippen LogP contribution in [-0.2, 0) is 6.42 Å². The molecule has 0 heterocycles. The number of phenols is 1. The molecule has 0 amide bonds. The molecule has 1 aliphatic carbocycles. The fraction of sp³-hybridized carbons (Fsp3) is 0.450. The molecule has 0 fully saturated rings. The van der Waals surface area contributed by atoms with Crippen LogP contribution in [0, 0.1) is 5.92 Å². The van der Waals surface area contributed by atoms with Crippen molar-refractivity contribution in [1.82, 2.24) is 0 Å². The second-order valence-electron chi connectivity index (χ2n) is 6.62. The minimum Gasteiger partial charge on any atom is -0.507 e. The molecule has 1 aliphatic rings. The summed E-state index contributed by atoms with van der Waals surface area (Å²) >= 11 is 0. The zero-order valence-corrected chi connectivity index (χ0v) is 14.2. The normalized spacial score (nSPS) is 20.9. The number of carboxylic acid groups (broad SMARTS) is 1. The van der Waals surface area contributed by atoms with E-state index in [0.717, 1.165) is 24.8 Å². The maximum absolute atomic E-state index is 11.6. The molecule has 124 valence electrons. The average molecular weight is 314 g/mol. The summed E-state index contributed by atoms with van der Waals surface area (Å²) in [5, 5.41) is 20.2. The van der Waals surface area contributed by atoms with E-state index in [1.54, 1.807) is 0 Å². The van der Waals surface area contributed by atoms with Gasteiger partial charge >= 0.3 is 5.97 Å². The molecule has 0 saturated heterocycles. The van der Waals surface area contributed by atoms with Crippen LogP contribution in [0.2, 0.25) is 0 Å². The zero-order valence-electron chi connectivity index (χ0n) is 14.2. The minimum absolute atomic E-state index is 0.00461. The maximum Gasteiger partial charge on any atom is 0.339 e. The number of aryl methyl sites for hydroxylation is 1. The number of hydrogen-bond donors (Lipinski definition) is 2. The van der Waals surface area contributed by atoms with Crippen LogP contribution in [0.4, 0.5) is 0 Å². The zero-order chi connectivity index (χ0) is 17.1. The number of rotatable bonds is 5. The van der Waals surface area contributed by atoms with Gasteiger partial charge in [0.15, 0.2) is 0 Å². The van der Waals surface area contributed by atoms with Crippen molar-refractivity contribution in [3.63, 3.8) is 0 Å². The molecule has 3 nitrogen and oxygen atoms in total. The van der Waals surface area contributed by atoms with E-state index in [9.17, 15) is 15.0 Å². The SMILES string of the molecule is C=C(C)C1CCC(C)=CC1c1ccc(CCC)c(C(=O)O)c1O. The molecule has 0 aliphatic heterocycles. The van der Waals surface area contributed by atoms with Crippen LogP contribution in [0.15, 0.2) is 35.9 Å². The third-order valence-corrected chi connectivity index (χ3v) is 4.77. The van der Waals surface area contributed by atoms with Crippen LogP contribution < -0.4 is 0 Å². The third-order valence-electron chi connectivity index (χ3n) is 4.77. The van der Waals surface area contributed by atoms with Crippen molar-refractivity contribution in [3.8, 4) is 5.75 Å². The van der Waals surface area contributed by atoms with Crippen molar-refractivity contribution in [1.29, 1.82) is 0 Å². The van der Waals surface area contributed by atoms with Crippen LogP contribution in [0.25, 0.3) is 0 Å². The van der Waals surface area contributed by atoms with Crippen LogP contribution in [0.3, 0.4) is 0 Å². The Morgan fingerprint density at radius 3 is 2.65 bits per heavy atom. The first-order valence-electron chi connectivity index (χ1n) is 8.27. The molecular weight excluding hydrogens is 288 g/mol. The van der Waals surface area contributed by atoms with Gasteiger partial charge in [-0.25, -0.2) is 4.79 Å². The molecule has 0 saturated carbocycles. The predicted octanol–water partition coefficient (Wildman–Crippen LogP) is 5.06. The summed E-state index contributed by atoms with van der Waals surface area (Å²) in [6, 6.07) is 3.75. The van der Waals surface area contributed by atoms with Gasteiger partial charge in [-0.1, -0.05) is 49.3 Å². The molecule has 0 bridgehead atoms. The number of carbonyl (C=O) groups is 1. The molecular formula is C20H26O3. The van der Waals surface area contributed by atoms with Gasteiger partial charge in [0.05, 0.1) is 0 Å². The first kappa shape index (κ1) is 17.3. The van der Waals surface area contributed by atoms with Crippen molar-refractivity contribution in [3.05, 3.63) is 52.6 Å². The van der Waals surface area contributed by atoms with Crippen molar-refractivity contribution < 1.29 is 15.0 Å². The number of hydrogen-bond acceptors (Lipinski definition) is 2. The highest BCUT2D eigenvalue weighted by Crippen LogP contribution is 2.44. The van der Waals surface area contributed by atoms with Crippen LogP contribution in [0.5, 0.6) is 5.75 Å². The van der Waals surface area contributed by atoms with Crippen molar-refractivity contribution in [2.24, 2.45) is 5.92 Å². The highest BCUT2D eigenvalue weighted by Gasteiger charge is 2.30. The number of carboxylic acids is 1. The van der Waals surface area contributed by atoms with E-state index in [2.05, 4.69) is 19.6 Å². The van der Waals surface area contributed by atoms with Gasteiger partial charge in [0, 0.05) is 11.5 Å². The van der Waals surface area contributed by atoms with Gasteiger partial charge in [0.2, 0.25) is 0 Å². The van der Waals surface area contributed by atoms with E-state index in [4.69, 9.17) is 0 Å². The Labute approximate surface area is 138 Å². The quantitative estimate of drug-likeness (QED) is 0.747. The molecule has 2 unspecified atom stereocenters. The lowest BCUT2D eigenvalue weighted by molar-refractivity contribution is 0.0692. The molecule has 2 N–H and O–H groups in total. The Kier molecular flexibility index (Phi) is 5.30. The Hall–Kier alpha value is -2.03. The van der Waals surface area contributed by atoms with E-state index in [0.29, 0.717) is 17.5 Å².